The van der Waals surface area contributed by atoms with Gasteiger partial charge in [0.25, 0.3) is 0 Å². The molecule has 3 rings (SSSR count). The number of rotatable bonds is 2. The molecule has 3 nitrogen and oxygen atoms in total. The molecular weight excluding hydrogens is 224 g/mol. The van der Waals surface area contributed by atoms with Crippen LogP contribution in [0, 0.1) is 5.92 Å². The average molecular weight is 246 g/mol. The molecule has 98 valence electrons. The van der Waals surface area contributed by atoms with Crippen molar-refractivity contribution in [3.8, 4) is 0 Å². The highest BCUT2D eigenvalue weighted by atomic mass is 16.5. The molecule has 0 aromatic heterocycles. The van der Waals surface area contributed by atoms with Gasteiger partial charge in [0.2, 0.25) is 0 Å². The largest absolute Gasteiger partial charge is 0.376 e. The molecule has 0 bridgehead atoms. The number of nitrogens with two attached hydrogens (primary N) is 1. The van der Waals surface area contributed by atoms with Gasteiger partial charge in [-0.1, -0.05) is 18.2 Å². The number of nitrogens with zero attached hydrogens (tertiary/aromatic N) is 1. The van der Waals surface area contributed by atoms with Crippen LogP contribution in [0.1, 0.15) is 29.2 Å². The van der Waals surface area contributed by atoms with Crippen LogP contribution in [0.5, 0.6) is 0 Å². The maximum absolute atomic E-state index is 5.83. The minimum absolute atomic E-state index is 0.548. The summed E-state index contributed by atoms with van der Waals surface area (Å²) in [7, 11) is 2.22. The Morgan fingerprint density at radius 1 is 1.44 bits per heavy atom. The molecule has 1 aromatic rings. The molecule has 2 unspecified atom stereocenters. The zero-order valence-corrected chi connectivity index (χ0v) is 11.1. The summed E-state index contributed by atoms with van der Waals surface area (Å²) in [5.74, 6) is 0.649. The predicted octanol–water partition coefficient (Wildman–Crippen LogP) is 1.71. The maximum Gasteiger partial charge on any atom is 0.0719 e. The van der Waals surface area contributed by atoms with Crippen LogP contribution >= 0.6 is 0 Å². The molecule has 1 saturated heterocycles. The van der Waals surface area contributed by atoms with Crippen molar-refractivity contribution in [2.75, 3.05) is 26.7 Å². The second-order valence-electron chi connectivity index (χ2n) is 5.58. The van der Waals surface area contributed by atoms with E-state index in [1.54, 1.807) is 0 Å². The summed E-state index contributed by atoms with van der Waals surface area (Å²) < 4.78 is 5.55. The fourth-order valence-electron chi connectivity index (χ4n) is 3.40. The fraction of sp³-hybridized carbons (Fsp3) is 0.600. The number of likely N-dealkylation sites (tertiary alicyclic amines) is 1. The summed E-state index contributed by atoms with van der Waals surface area (Å²) in [4.78, 5) is 2.46. The molecule has 3 heteroatoms. The van der Waals surface area contributed by atoms with Crippen LogP contribution in [0.4, 0.5) is 0 Å². The summed E-state index contributed by atoms with van der Waals surface area (Å²) in [6.07, 6.45) is 2.26. The van der Waals surface area contributed by atoms with E-state index in [4.69, 9.17) is 10.5 Å². The molecule has 2 N–H and O–H groups in total. The lowest BCUT2D eigenvalue weighted by atomic mass is 9.90. The summed E-state index contributed by atoms with van der Waals surface area (Å²) in [5, 5.41) is 0. The van der Waals surface area contributed by atoms with Crippen molar-refractivity contribution >= 4 is 0 Å². The standard InChI is InChI=1S/C15H22N2O/c1-17-9-11(8-16)7-15(17)14-4-2-3-12-10-18-6-5-13(12)14/h2-4,11,15H,5-10,16H2,1H3. The topological polar surface area (TPSA) is 38.5 Å². The summed E-state index contributed by atoms with van der Waals surface area (Å²) in [6.45, 7) is 3.57. The third-order valence-electron chi connectivity index (χ3n) is 4.39. The van der Waals surface area contributed by atoms with Gasteiger partial charge in [-0.15, -0.1) is 0 Å². The molecule has 0 aliphatic carbocycles. The third-order valence-corrected chi connectivity index (χ3v) is 4.39. The Balaban J connectivity index is 1.92. The minimum atomic E-state index is 0.548. The average Bonchev–Trinajstić information content (AvgIpc) is 2.79. The van der Waals surface area contributed by atoms with Gasteiger partial charge >= 0.3 is 0 Å². The van der Waals surface area contributed by atoms with Gasteiger partial charge in [0.15, 0.2) is 0 Å². The molecule has 0 radical (unpaired) electrons. The smallest absolute Gasteiger partial charge is 0.0719 e. The Kier molecular flexibility index (Phi) is 3.37. The van der Waals surface area contributed by atoms with Crippen molar-refractivity contribution < 1.29 is 4.74 Å². The molecule has 2 aliphatic rings. The van der Waals surface area contributed by atoms with Crippen LogP contribution in [0.2, 0.25) is 0 Å². The normalized spacial score (nSPS) is 28.3. The van der Waals surface area contributed by atoms with Crippen LogP contribution in [-0.4, -0.2) is 31.6 Å². The second-order valence-corrected chi connectivity index (χ2v) is 5.58. The van der Waals surface area contributed by atoms with Gasteiger partial charge in [-0.05, 0) is 49.0 Å². The minimum Gasteiger partial charge on any atom is -0.376 e. The zero-order valence-electron chi connectivity index (χ0n) is 11.1. The van der Waals surface area contributed by atoms with E-state index in [-0.39, 0.29) is 0 Å². The first-order valence-electron chi connectivity index (χ1n) is 6.88. The summed E-state index contributed by atoms with van der Waals surface area (Å²) in [6, 6.07) is 7.22. The summed E-state index contributed by atoms with van der Waals surface area (Å²) >= 11 is 0. The SMILES string of the molecule is CN1CC(CN)CC1c1cccc2c1CCOC2. The van der Waals surface area contributed by atoms with Gasteiger partial charge in [-0.2, -0.15) is 0 Å². The highest BCUT2D eigenvalue weighted by Gasteiger charge is 2.31. The van der Waals surface area contributed by atoms with Gasteiger partial charge in [-0.3, -0.25) is 4.90 Å². The predicted molar refractivity (Wildman–Crippen MR) is 72.3 cm³/mol. The molecule has 0 saturated carbocycles. The Morgan fingerprint density at radius 2 is 2.33 bits per heavy atom. The number of benzene rings is 1. The number of hydrogen-bond donors (Lipinski definition) is 1. The van der Waals surface area contributed by atoms with Gasteiger partial charge in [0, 0.05) is 12.6 Å². The zero-order chi connectivity index (χ0) is 12.5. The van der Waals surface area contributed by atoms with Crippen LogP contribution in [0.25, 0.3) is 0 Å². The molecule has 2 heterocycles. The van der Waals surface area contributed by atoms with Gasteiger partial charge in [-0.25, -0.2) is 0 Å². The monoisotopic (exact) mass is 246 g/mol. The van der Waals surface area contributed by atoms with E-state index in [0.717, 1.165) is 32.7 Å². The van der Waals surface area contributed by atoms with Gasteiger partial charge in [0.1, 0.15) is 0 Å². The van der Waals surface area contributed by atoms with E-state index < -0.39 is 0 Å². The fourth-order valence-corrected chi connectivity index (χ4v) is 3.40. The van der Waals surface area contributed by atoms with Crippen molar-refractivity contribution in [1.29, 1.82) is 0 Å². The third kappa shape index (κ3) is 2.07. The van der Waals surface area contributed by atoms with Crippen LogP contribution in [0.3, 0.4) is 0 Å². The van der Waals surface area contributed by atoms with E-state index in [1.165, 1.54) is 23.1 Å². The molecule has 2 aliphatic heterocycles. The first-order valence-corrected chi connectivity index (χ1v) is 6.88. The van der Waals surface area contributed by atoms with Crippen LogP contribution in [0.15, 0.2) is 18.2 Å². The first-order chi connectivity index (χ1) is 8.79. The van der Waals surface area contributed by atoms with Crippen LogP contribution < -0.4 is 5.73 Å². The Hall–Kier alpha value is -0.900. The number of fused-ring (bicyclic) bond motifs is 1. The second kappa shape index (κ2) is 5.00. The molecule has 0 amide bonds. The quantitative estimate of drug-likeness (QED) is 0.863. The molecule has 1 aromatic carbocycles. The van der Waals surface area contributed by atoms with Crippen molar-refractivity contribution in [2.45, 2.75) is 25.5 Å². The summed E-state index contributed by atoms with van der Waals surface area (Å²) in [5.41, 5.74) is 10.2. The lowest BCUT2D eigenvalue weighted by molar-refractivity contribution is 0.110. The van der Waals surface area contributed by atoms with Crippen LogP contribution in [-0.2, 0) is 17.8 Å². The lowest BCUT2D eigenvalue weighted by Gasteiger charge is -2.26. The Labute approximate surface area is 109 Å². The number of ether oxygens (including phenoxy) is 1. The van der Waals surface area contributed by atoms with Gasteiger partial charge < -0.3 is 10.5 Å². The molecular formula is C15H22N2O. The Morgan fingerprint density at radius 3 is 3.11 bits per heavy atom. The molecule has 2 atom stereocenters. The van der Waals surface area contributed by atoms with E-state index in [1.807, 2.05) is 0 Å². The van der Waals surface area contributed by atoms with E-state index in [2.05, 4.69) is 30.1 Å². The maximum atomic E-state index is 5.83. The highest BCUT2D eigenvalue weighted by Crippen LogP contribution is 2.37. The van der Waals surface area contributed by atoms with E-state index in [0.29, 0.717) is 12.0 Å². The first kappa shape index (κ1) is 12.2. The lowest BCUT2D eigenvalue weighted by Crippen LogP contribution is -2.22. The molecule has 0 spiro atoms. The molecule has 1 fully saturated rings. The highest BCUT2D eigenvalue weighted by molar-refractivity contribution is 5.38. The van der Waals surface area contributed by atoms with Crippen molar-refractivity contribution in [3.63, 3.8) is 0 Å². The Bertz CT molecular complexity index is 433. The number of hydrogen-bond acceptors (Lipinski definition) is 3. The molecule has 18 heavy (non-hydrogen) atoms. The van der Waals surface area contributed by atoms with Gasteiger partial charge in [0.05, 0.1) is 13.2 Å². The van der Waals surface area contributed by atoms with E-state index >= 15 is 0 Å². The van der Waals surface area contributed by atoms with E-state index in [9.17, 15) is 0 Å². The van der Waals surface area contributed by atoms with Crippen molar-refractivity contribution in [3.05, 3.63) is 34.9 Å². The van der Waals surface area contributed by atoms with Crippen molar-refractivity contribution in [2.24, 2.45) is 11.7 Å². The van der Waals surface area contributed by atoms with Crippen molar-refractivity contribution in [1.82, 2.24) is 4.90 Å².